The van der Waals surface area contributed by atoms with Crippen molar-refractivity contribution in [3.05, 3.63) is 76.4 Å². The summed E-state index contributed by atoms with van der Waals surface area (Å²) in [4.78, 5) is 12.5. The number of rotatable bonds is 6. The Bertz CT molecular complexity index is 921. The van der Waals surface area contributed by atoms with Crippen LogP contribution in [0.1, 0.15) is 16.7 Å². The van der Waals surface area contributed by atoms with E-state index in [0.29, 0.717) is 23.1 Å². The largest absolute Gasteiger partial charge is 0.496 e. The summed E-state index contributed by atoms with van der Waals surface area (Å²) in [6.07, 6.45) is 1.88. The van der Waals surface area contributed by atoms with Gasteiger partial charge in [-0.05, 0) is 24.6 Å². The van der Waals surface area contributed by atoms with E-state index in [1.807, 2.05) is 49.4 Å². The van der Waals surface area contributed by atoms with Gasteiger partial charge in [-0.2, -0.15) is 5.10 Å². The first kappa shape index (κ1) is 18.0. The minimum Gasteiger partial charge on any atom is -0.496 e. The normalized spacial score (nSPS) is 10.6. The van der Waals surface area contributed by atoms with Crippen LogP contribution in [-0.4, -0.2) is 22.8 Å². The Morgan fingerprint density at radius 1 is 1.19 bits per heavy atom. The van der Waals surface area contributed by atoms with Crippen LogP contribution in [0.15, 0.2) is 54.7 Å². The Hall–Kier alpha value is -2.79. The number of anilines is 1. The average Bonchev–Trinajstić information content (AvgIpc) is 3.04. The molecule has 134 valence electrons. The first-order valence-corrected chi connectivity index (χ1v) is 8.63. The number of amides is 1. The molecule has 6 heteroatoms. The molecule has 1 heterocycles. The number of aromatic nitrogens is 2. The number of carbonyl (C=O) groups is 1. The van der Waals surface area contributed by atoms with E-state index in [1.165, 1.54) is 0 Å². The summed E-state index contributed by atoms with van der Waals surface area (Å²) in [5.41, 5.74) is 2.87. The van der Waals surface area contributed by atoms with E-state index in [9.17, 15) is 4.79 Å². The van der Waals surface area contributed by atoms with Crippen molar-refractivity contribution in [1.82, 2.24) is 9.78 Å². The molecule has 0 saturated heterocycles. The Balaban J connectivity index is 1.72. The number of hydrogen-bond acceptors (Lipinski definition) is 3. The molecule has 0 aliphatic carbocycles. The summed E-state index contributed by atoms with van der Waals surface area (Å²) in [5.74, 6) is 1.20. The summed E-state index contributed by atoms with van der Waals surface area (Å²) in [7, 11) is 1.60. The van der Waals surface area contributed by atoms with Crippen LogP contribution >= 0.6 is 11.6 Å². The summed E-state index contributed by atoms with van der Waals surface area (Å²) in [5, 5.41) is 7.86. The quantitative estimate of drug-likeness (QED) is 0.712. The van der Waals surface area contributed by atoms with Gasteiger partial charge in [-0.15, -0.1) is 0 Å². The molecule has 0 radical (unpaired) electrons. The van der Waals surface area contributed by atoms with Crippen LogP contribution in [0, 0.1) is 6.92 Å². The number of hydrogen-bond donors (Lipinski definition) is 1. The van der Waals surface area contributed by atoms with Crippen molar-refractivity contribution in [2.75, 3.05) is 12.4 Å². The van der Waals surface area contributed by atoms with Crippen LogP contribution in [-0.2, 0) is 17.8 Å². The van der Waals surface area contributed by atoms with Gasteiger partial charge in [-0.25, -0.2) is 4.68 Å². The SMILES string of the molecule is COc1ccc(C)cc1CC(=O)Nc1ccnn1Cc1ccccc1Cl. The summed E-state index contributed by atoms with van der Waals surface area (Å²) in [6.45, 7) is 2.47. The molecule has 0 unspecified atom stereocenters. The highest BCUT2D eigenvalue weighted by Crippen LogP contribution is 2.21. The highest BCUT2D eigenvalue weighted by molar-refractivity contribution is 6.31. The minimum absolute atomic E-state index is 0.130. The van der Waals surface area contributed by atoms with Crippen LogP contribution in [0.2, 0.25) is 5.02 Å². The number of aryl methyl sites for hydroxylation is 1. The molecule has 5 nitrogen and oxygen atoms in total. The van der Waals surface area contributed by atoms with Crippen molar-refractivity contribution in [3.8, 4) is 5.75 Å². The van der Waals surface area contributed by atoms with Gasteiger partial charge in [-0.3, -0.25) is 4.79 Å². The van der Waals surface area contributed by atoms with Crippen molar-refractivity contribution < 1.29 is 9.53 Å². The Morgan fingerprint density at radius 2 is 2.00 bits per heavy atom. The molecule has 0 saturated carbocycles. The number of benzene rings is 2. The molecule has 1 aromatic heterocycles. The second kappa shape index (κ2) is 8.06. The van der Waals surface area contributed by atoms with E-state index in [1.54, 1.807) is 24.1 Å². The minimum atomic E-state index is -0.130. The number of carbonyl (C=O) groups excluding carboxylic acids is 1. The van der Waals surface area contributed by atoms with E-state index >= 15 is 0 Å². The van der Waals surface area contributed by atoms with Gasteiger partial charge < -0.3 is 10.1 Å². The van der Waals surface area contributed by atoms with Crippen LogP contribution < -0.4 is 10.1 Å². The zero-order chi connectivity index (χ0) is 18.5. The summed E-state index contributed by atoms with van der Waals surface area (Å²) < 4.78 is 7.05. The number of halogens is 1. The lowest BCUT2D eigenvalue weighted by Crippen LogP contribution is -2.18. The van der Waals surface area contributed by atoms with Gasteiger partial charge in [0.15, 0.2) is 0 Å². The lowest BCUT2D eigenvalue weighted by molar-refractivity contribution is -0.115. The Morgan fingerprint density at radius 3 is 2.77 bits per heavy atom. The lowest BCUT2D eigenvalue weighted by atomic mass is 10.1. The van der Waals surface area contributed by atoms with Crippen LogP contribution in [0.4, 0.5) is 5.82 Å². The van der Waals surface area contributed by atoms with Crippen molar-refractivity contribution >= 4 is 23.3 Å². The number of methoxy groups -OCH3 is 1. The van der Waals surface area contributed by atoms with Crippen molar-refractivity contribution in [2.24, 2.45) is 0 Å². The lowest BCUT2D eigenvalue weighted by Gasteiger charge is -2.12. The smallest absolute Gasteiger partial charge is 0.230 e. The van der Waals surface area contributed by atoms with Gasteiger partial charge in [0.1, 0.15) is 11.6 Å². The van der Waals surface area contributed by atoms with Gasteiger partial charge in [-0.1, -0.05) is 47.5 Å². The molecule has 2 aromatic carbocycles. The van der Waals surface area contributed by atoms with E-state index in [0.717, 1.165) is 16.7 Å². The van der Waals surface area contributed by atoms with Gasteiger partial charge in [0.25, 0.3) is 0 Å². The van der Waals surface area contributed by atoms with Crippen LogP contribution in [0.25, 0.3) is 0 Å². The molecule has 0 bridgehead atoms. The third-order valence-electron chi connectivity index (χ3n) is 4.05. The van der Waals surface area contributed by atoms with Crippen LogP contribution in [0.3, 0.4) is 0 Å². The fourth-order valence-corrected chi connectivity index (χ4v) is 2.95. The maximum absolute atomic E-state index is 12.5. The maximum atomic E-state index is 12.5. The first-order chi connectivity index (χ1) is 12.6. The molecular formula is C20H20ClN3O2. The first-order valence-electron chi connectivity index (χ1n) is 8.25. The second-order valence-electron chi connectivity index (χ2n) is 6.01. The number of nitrogens with zero attached hydrogens (tertiary/aromatic N) is 2. The second-order valence-corrected chi connectivity index (χ2v) is 6.41. The molecule has 0 aliphatic heterocycles. The standard InChI is InChI=1S/C20H20ClN3O2/c1-14-7-8-18(26-2)16(11-14)12-20(25)23-19-9-10-22-24(19)13-15-5-3-4-6-17(15)21/h3-11H,12-13H2,1-2H3,(H,23,25). The molecule has 0 atom stereocenters. The highest BCUT2D eigenvalue weighted by Gasteiger charge is 2.12. The van der Waals surface area contributed by atoms with Gasteiger partial charge in [0.2, 0.25) is 5.91 Å². The average molecular weight is 370 g/mol. The Kier molecular flexibility index (Phi) is 5.58. The van der Waals surface area contributed by atoms with E-state index in [2.05, 4.69) is 10.4 Å². The van der Waals surface area contributed by atoms with E-state index in [4.69, 9.17) is 16.3 Å². The molecule has 0 fully saturated rings. The maximum Gasteiger partial charge on any atom is 0.230 e. The molecule has 0 aliphatic rings. The third-order valence-corrected chi connectivity index (χ3v) is 4.42. The van der Waals surface area contributed by atoms with Gasteiger partial charge in [0.05, 0.1) is 26.3 Å². The zero-order valence-electron chi connectivity index (χ0n) is 14.7. The molecule has 0 spiro atoms. The Labute approximate surface area is 157 Å². The molecule has 1 N–H and O–H groups in total. The monoisotopic (exact) mass is 369 g/mol. The summed E-state index contributed by atoms with van der Waals surface area (Å²) >= 11 is 6.21. The number of ether oxygens (including phenoxy) is 1. The number of nitrogens with one attached hydrogen (secondary N) is 1. The molecule has 3 aromatic rings. The molecular weight excluding hydrogens is 350 g/mol. The van der Waals surface area contributed by atoms with Crippen molar-refractivity contribution in [2.45, 2.75) is 19.9 Å². The predicted octanol–water partition coefficient (Wildman–Crippen LogP) is 4.08. The fourth-order valence-electron chi connectivity index (χ4n) is 2.76. The molecule has 1 amide bonds. The van der Waals surface area contributed by atoms with Crippen LogP contribution in [0.5, 0.6) is 5.75 Å². The van der Waals surface area contributed by atoms with Crippen molar-refractivity contribution in [3.63, 3.8) is 0 Å². The third kappa shape index (κ3) is 4.24. The predicted molar refractivity (Wildman–Crippen MR) is 103 cm³/mol. The summed E-state index contributed by atoms with van der Waals surface area (Å²) in [6, 6.07) is 15.1. The fraction of sp³-hybridized carbons (Fsp3) is 0.200. The highest BCUT2D eigenvalue weighted by atomic mass is 35.5. The topological polar surface area (TPSA) is 56.1 Å². The molecule has 3 rings (SSSR count). The van der Waals surface area contributed by atoms with Gasteiger partial charge in [0, 0.05) is 16.7 Å². The van der Waals surface area contributed by atoms with E-state index in [-0.39, 0.29) is 12.3 Å². The zero-order valence-corrected chi connectivity index (χ0v) is 15.5. The van der Waals surface area contributed by atoms with E-state index < -0.39 is 0 Å². The van der Waals surface area contributed by atoms with Crippen molar-refractivity contribution in [1.29, 1.82) is 0 Å². The molecule has 26 heavy (non-hydrogen) atoms. The van der Waals surface area contributed by atoms with Gasteiger partial charge >= 0.3 is 0 Å².